The predicted octanol–water partition coefficient (Wildman–Crippen LogP) is -3.56. The number of aliphatic hydroxyl groups is 9. The van der Waals surface area contributed by atoms with Gasteiger partial charge in [0.05, 0.1) is 12.2 Å². The molecule has 506 valence electrons. The highest BCUT2D eigenvalue weighted by molar-refractivity contribution is 5.93. The molecule has 0 aromatic heterocycles. The third-order valence-corrected chi connectivity index (χ3v) is 14.2. The Balaban J connectivity index is 1.13. The summed E-state index contributed by atoms with van der Waals surface area (Å²) in [7, 11) is 0. The second-order valence-corrected chi connectivity index (χ2v) is 20.8. The molecule has 8 rings (SSSR count). The summed E-state index contributed by atoms with van der Waals surface area (Å²) < 4.78 is 61.4. The van der Waals surface area contributed by atoms with Crippen LogP contribution in [0.5, 0.6) is 51.7 Å². The SMILES string of the molecule is O=C(C=Cc1ccc(O)c(O)c1)OC[C@@H]1O[C@@H](Oc2cc3oc(-c4cc(O)c(O)c(O)c4)c(O[C@@H]4O[C@H](COC(=O)CC(=O)O[C@@H](C(=O)O)[C@H](O)C(=O)O)[C@H](O)[C@H](O)[C@H]4O[C@@H]4O[C@H](CO)[C@@H](O)[C@H](O)[C@H]4OC(=O)C=Cc4ccc(O)c(O)c4)cc-3c(=O)c2)[C@@H](O)[C@@H](O)[C@@H]1O. The van der Waals surface area contributed by atoms with E-state index in [4.69, 9.17) is 52.2 Å². The maximum Gasteiger partial charge on any atom is 0.348 e. The van der Waals surface area contributed by atoms with Crippen molar-refractivity contribution < 1.29 is 172 Å². The number of hydrogen-bond acceptors (Lipinski definition) is 34. The van der Waals surface area contributed by atoms with Crippen LogP contribution < -0.4 is 14.9 Å². The first-order chi connectivity index (χ1) is 44.4. The van der Waals surface area contributed by atoms with Crippen molar-refractivity contribution in [1.82, 2.24) is 0 Å². The molecule has 1 aliphatic carbocycles. The van der Waals surface area contributed by atoms with Crippen LogP contribution >= 0.6 is 0 Å². The van der Waals surface area contributed by atoms with Crippen LogP contribution in [0.4, 0.5) is 0 Å². The van der Waals surface area contributed by atoms with Crippen molar-refractivity contribution in [2.45, 2.75) is 111 Å². The minimum absolute atomic E-state index is 0.113. The van der Waals surface area contributed by atoms with E-state index in [1.807, 2.05) is 0 Å². The standard InChI is InChI=1S/C58H58O36/c59-17-34-42(72)46(76)52(92-38(68)8-4-21-2-6-26(61)29(64)10-21)58(89-34)94-53-47(77)44(74)36(19-85-39(69)16-40(70)93-51(55(82)83)49(79)54(80)81)91-57(53)88-33-15-24-27(62)13-23(14-32(24)87-50(33)22-11-30(65)41(71)31(66)12-22)86-56-48(78)45(75)43(73)35(90-56)18-84-37(67)7-3-20-1-5-25(60)28(63)9-20/h1-15,34-36,42-49,51-53,56-61,63-66,71-79H,16-19H2,(H,80,81)(H,82,83)/t34-,35+,36-,42-,43-,44+,45+,46+,47+,48+,49+,51-,52-,53-,56-,57-,58+/m1/s1. The smallest absolute Gasteiger partial charge is 0.348 e. The topological polar surface area (TPSA) is 589 Å². The summed E-state index contributed by atoms with van der Waals surface area (Å²) in [5.74, 6) is -17.7. The summed E-state index contributed by atoms with van der Waals surface area (Å²) in [6.07, 6.45) is -34.9. The highest BCUT2D eigenvalue weighted by atomic mass is 16.8. The minimum atomic E-state index is -2.81. The number of benzene rings is 4. The zero-order chi connectivity index (χ0) is 68.7. The molecule has 94 heavy (non-hydrogen) atoms. The van der Waals surface area contributed by atoms with E-state index < -0.39 is 246 Å². The number of rotatable bonds is 23. The molecular weight excluding hydrogens is 1270 g/mol. The molecule has 18 N–H and O–H groups in total. The van der Waals surface area contributed by atoms with Gasteiger partial charge in [0.15, 0.2) is 81.8 Å². The van der Waals surface area contributed by atoms with E-state index in [2.05, 4.69) is 4.74 Å². The van der Waals surface area contributed by atoms with Crippen LogP contribution in [0.25, 0.3) is 34.8 Å². The lowest BCUT2D eigenvalue weighted by Crippen LogP contribution is -2.65. The monoisotopic (exact) mass is 1330 g/mol. The van der Waals surface area contributed by atoms with Gasteiger partial charge < -0.3 is 144 Å². The summed E-state index contributed by atoms with van der Waals surface area (Å²) >= 11 is 0. The Hall–Kier alpha value is -9.93. The molecule has 4 aliphatic heterocycles. The van der Waals surface area contributed by atoms with Crippen LogP contribution in [-0.4, -0.2) is 252 Å². The molecule has 0 saturated carbocycles. The number of aliphatic hydroxyl groups excluding tert-OH is 9. The molecule has 0 bridgehead atoms. The van der Waals surface area contributed by atoms with Gasteiger partial charge in [-0.3, -0.25) is 14.4 Å². The second-order valence-electron chi connectivity index (χ2n) is 20.8. The van der Waals surface area contributed by atoms with Crippen LogP contribution in [0.2, 0.25) is 0 Å². The third kappa shape index (κ3) is 16.3. The van der Waals surface area contributed by atoms with Gasteiger partial charge in [0.2, 0.25) is 18.7 Å². The number of aromatic hydroxyl groups is 7. The van der Waals surface area contributed by atoms with Crippen LogP contribution in [0.15, 0.2) is 88.1 Å². The Bertz CT molecular complexity index is 3670. The van der Waals surface area contributed by atoms with Crippen molar-refractivity contribution in [3.8, 4) is 74.4 Å². The average Bonchev–Trinajstić information content (AvgIpc) is 0.768. The van der Waals surface area contributed by atoms with E-state index in [1.165, 1.54) is 18.2 Å². The van der Waals surface area contributed by atoms with E-state index >= 15 is 0 Å². The van der Waals surface area contributed by atoms with Gasteiger partial charge in [-0.1, -0.05) is 12.1 Å². The third-order valence-electron chi connectivity index (χ3n) is 14.2. The van der Waals surface area contributed by atoms with Crippen LogP contribution in [0.1, 0.15) is 17.5 Å². The molecule has 36 heteroatoms. The van der Waals surface area contributed by atoms with Crippen molar-refractivity contribution in [2.75, 3.05) is 19.8 Å². The number of carbonyl (C=O) groups excluding carboxylic acids is 4. The van der Waals surface area contributed by atoms with Gasteiger partial charge in [0, 0.05) is 29.8 Å². The van der Waals surface area contributed by atoms with Crippen molar-refractivity contribution in [3.63, 3.8) is 0 Å². The number of ether oxygens (including phenoxy) is 10. The van der Waals surface area contributed by atoms with E-state index in [9.17, 15) is 120 Å². The fourth-order valence-corrected chi connectivity index (χ4v) is 9.30. The minimum Gasteiger partial charge on any atom is -0.504 e. The molecule has 3 aromatic rings. The Morgan fingerprint density at radius 2 is 1.10 bits per heavy atom. The largest absolute Gasteiger partial charge is 0.504 e. The molecule has 0 radical (unpaired) electrons. The number of fused-ring (bicyclic) bond motifs is 1. The summed E-state index contributed by atoms with van der Waals surface area (Å²) in [4.78, 5) is 88.3. The number of phenols is 7. The normalized spacial score (nSPS) is 26.8. The zero-order valence-electron chi connectivity index (χ0n) is 47.7. The Kier molecular flexibility index (Phi) is 22.2. The van der Waals surface area contributed by atoms with Crippen molar-refractivity contribution in [1.29, 1.82) is 0 Å². The molecule has 0 unspecified atom stereocenters. The Morgan fingerprint density at radius 3 is 1.68 bits per heavy atom. The van der Waals surface area contributed by atoms with Crippen molar-refractivity contribution >= 4 is 48.0 Å². The van der Waals surface area contributed by atoms with Gasteiger partial charge in [-0.2, -0.15) is 0 Å². The number of phenolic OH excluding ortho intramolecular Hbond substituents is 7. The summed E-state index contributed by atoms with van der Waals surface area (Å²) in [5, 5.41) is 187. The van der Waals surface area contributed by atoms with Crippen molar-refractivity contribution in [2.24, 2.45) is 0 Å². The van der Waals surface area contributed by atoms with E-state index in [0.717, 1.165) is 72.8 Å². The summed E-state index contributed by atoms with van der Waals surface area (Å²) in [6.45, 7) is -3.08. The molecule has 17 atom stereocenters. The molecular formula is C58H58O36. The first-order valence-electron chi connectivity index (χ1n) is 27.4. The van der Waals surface area contributed by atoms with Crippen molar-refractivity contribution in [3.05, 3.63) is 100 Å². The quantitative estimate of drug-likeness (QED) is 0.00989. The van der Waals surface area contributed by atoms with E-state index in [1.54, 1.807) is 0 Å². The molecule has 0 spiro atoms. The molecule has 3 aromatic carbocycles. The number of esters is 4. The Labute approximate surface area is 524 Å². The fraction of sp³-hybridized carbons (Fsp3) is 0.362. The second kappa shape index (κ2) is 29.8. The van der Waals surface area contributed by atoms with Crippen LogP contribution in [0, 0.1) is 0 Å². The van der Waals surface area contributed by atoms with E-state index in [-0.39, 0.29) is 11.1 Å². The lowest BCUT2D eigenvalue weighted by Gasteiger charge is -2.46. The molecule has 5 aliphatic rings. The highest BCUT2D eigenvalue weighted by Gasteiger charge is 2.54. The first kappa shape index (κ1) is 69.9. The lowest BCUT2D eigenvalue weighted by molar-refractivity contribution is -0.358. The zero-order valence-corrected chi connectivity index (χ0v) is 47.7. The number of carboxylic acids is 2. The molecule has 3 saturated heterocycles. The molecule has 3 fully saturated rings. The number of aliphatic carboxylic acids is 2. The van der Waals surface area contributed by atoms with Crippen LogP contribution in [-0.2, 0) is 66.7 Å². The highest BCUT2D eigenvalue weighted by Crippen LogP contribution is 2.45. The average molecular weight is 1330 g/mol. The molecule has 4 heterocycles. The van der Waals surface area contributed by atoms with Gasteiger partial charge >= 0.3 is 35.8 Å². The molecule has 36 nitrogen and oxygen atoms in total. The van der Waals surface area contributed by atoms with E-state index in [0.29, 0.717) is 0 Å². The van der Waals surface area contributed by atoms with Gasteiger partial charge in [0.1, 0.15) is 92.2 Å². The predicted molar refractivity (Wildman–Crippen MR) is 298 cm³/mol. The maximum absolute atomic E-state index is 14.2. The van der Waals surface area contributed by atoms with Gasteiger partial charge in [-0.15, -0.1) is 0 Å². The fourth-order valence-electron chi connectivity index (χ4n) is 9.30. The number of carbonyl (C=O) groups is 6. The summed E-state index contributed by atoms with van der Waals surface area (Å²) in [6, 6.07) is 11.1. The number of hydrogen-bond donors (Lipinski definition) is 18. The number of carboxylic acid groups (broad SMARTS) is 2. The van der Waals surface area contributed by atoms with Gasteiger partial charge in [-0.25, -0.2) is 19.2 Å². The Morgan fingerprint density at radius 1 is 0.543 bits per heavy atom. The lowest BCUT2D eigenvalue weighted by atomic mass is 9.97. The van der Waals surface area contributed by atoms with Gasteiger partial charge in [-0.05, 0) is 65.7 Å². The molecule has 0 amide bonds. The van der Waals surface area contributed by atoms with Crippen LogP contribution in [0.3, 0.4) is 0 Å². The summed E-state index contributed by atoms with van der Waals surface area (Å²) in [5.41, 5.74) is -1.63. The maximum atomic E-state index is 14.2. The van der Waals surface area contributed by atoms with Gasteiger partial charge in [0.25, 0.3) is 0 Å². The first-order valence-corrected chi connectivity index (χ1v) is 27.4.